The third kappa shape index (κ3) is 25.0. The van der Waals surface area contributed by atoms with E-state index in [1.54, 1.807) is 6.08 Å². The third-order valence-corrected chi connectivity index (χ3v) is 11.9. The quantitative estimate of drug-likeness (QED) is 0.0248. The summed E-state index contributed by atoms with van der Waals surface area (Å²) in [4.78, 5) is 13.1. The molecule has 376 valence electrons. The average molecular weight is 924 g/mol. The molecule has 0 aliphatic carbocycles. The molecule has 0 radical (unpaired) electrons. The Kier molecular flexibility index (Phi) is 34.1. The van der Waals surface area contributed by atoms with Crippen molar-refractivity contribution in [2.45, 2.75) is 235 Å². The highest BCUT2D eigenvalue weighted by Crippen LogP contribution is 2.30. The molecule has 1 amide bonds. The van der Waals surface area contributed by atoms with Crippen molar-refractivity contribution in [1.29, 1.82) is 0 Å². The largest absolute Gasteiger partial charge is 0.394 e. The predicted molar refractivity (Wildman–Crippen MR) is 254 cm³/mol. The van der Waals surface area contributed by atoms with Crippen LogP contribution in [0.1, 0.15) is 162 Å². The van der Waals surface area contributed by atoms with Crippen molar-refractivity contribution in [1.82, 2.24) is 5.32 Å². The van der Waals surface area contributed by atoms with Gasteiger partial charge in [0.05, 0.1) is 32.0 Å². The highest BCUT2D eigenvalue weighted by molar-refractivity contribution is 5.76. The van der Waals surface area contributed by atoms with Crippen LogP contribution in [-0.4, -0.2) is 140 Å². The van der Waals surface area contributed by atoms with Gasteiger partial charge in [-0.15, -0.1) is 0 Å². The number of allylic oxidation sites excluding steroid dienone is 9. The van der Waals surface area contributed by atoms with Gasteiger partial charge in [0.25, 0.3) is 0 Å². The zero-order chi connectivity index (χ0) is 47.5. The second kappa shape index (κ2) is 37.6. The molecular weight excluding hydrogens is 835 g/mol. The molecule has 2 saturated heterocycles. The molecule has 2 aliphatic heterocycles. The fraction of sp³-hybridized carbons (Fsp3) is 0.784. The SMILES string of the molecule is CC/C=C\C/C=C\C/C=C\CCCCCCCC(=O)NC(COC1OC(CO)C(OC2OC(CO)C(O)C(O)C2O)C(O)C1O)C(O)/C=C/CC/C=C/CCCCCCCCCCCC. The van der Waals surface area contributed by atoms with Crippen molar-refractivity contribution in [2.75, 3.05) is 19.8 Å². The summed E-state index contributed by atoms with van der Waals surface area (Å²) < 4.78 is 22.6. The number of unbranched alkanes of at least 4 members (excludes halogenated alkanes) is 16. The van der Waals surface area contributed by atoms with Crippen LogP contribution in [0.4, 0.5) is 0 Å². The number of hydrogen-bond acceptors (Lipinski definition) is 13. The van der Waals surface area contributed by atoms with Gasteiger partial charge in [0.15, 0.2) is 12.6 Å². The van der Waals surface area contributed by atoms with Crippen molar-refractivity contribution in [2.24, 2.45) is 0 Å². The molecule has 2 rings (SSSR count). The molecule has 2 heterocycles. The first-order valence-electron chi connectivity index (χ1n) is 25.0. The van der Waals surface area contributed by atoms with Crippen LogP contribution in [0.15, 0.2) is 60.8 Å². The van der Waals surface area contributed by atoms with E-state index in [-0.39, 0.29) is 18.9 Å². The summed E-state index contributed by atoms with van der Waals surface area (Å²) in [5.41, 5.74) is 0. The standard InChI is InChI=1S/C51H89NO13/c1-3-5-7-9-11-13-15-17-19-21-22-24-26-28-30-32-34-40(55)39(52-43(56)35-33-31-29-27-25-23-20-18-16-14-12-10-8-6-4-2)38-62-50-48(61)46(59)49(42(37-54)64-50)65-51-47(60)45(58)44(57)41(36-53)63-51/h6,8,12,14,18,20,24,26,32,34,39-42,44-51,53-55,57-61H,3-5,7,9-11,13,15-17,19,21-23,25,27-31,33,35-38H2,1-2H3,(H,52,56)/b8-6-,14-12-,20-18-,26-24+,34-32+. The molecule has 0 aromatic rings. The number of carbonyl (C=O) groups is 1. The lowest BCUT2D eigenvalue weighted by atomic mass is 9.97. The van der Waals surface area contributed by atoms with Crippen LogP contribution in [0.3, 0.4) is 0 Å². The maximum atomic E-state index is 13.1. The summed E-state index contributed by atoms with van der Waals surface area (Å²) >= 11 is 0. The van der Waals surface area contributed by atoms with Crippen LogP contribution >= 0.6 is 0 Å². The van der Waals surface area contributed by atoms with Crippen LogP contribution in [0.2, 0.25) is 0 Å². The van der Waals surface area contributed by atoms with Gasteiger partial charge in [-0.2, -0.15) is 0 Å². The first kappa shape index (κ1) is 58.8. The first-order valence-corrected chi connectivity index (χ1v) is 25.0. The lowest BCUT2D eigenvalue weighted by Gasteiger charge is -2.46. The molecule has 14 heteroatoms. The topological polar surface area (TPSA) is 228 Å². The number of ether oxygens (including phenoxy) is 4. The summed E-state index contributed by atoms with van der Waals surface area (Å²) in [7, 11) is 0. The van der Waals surface area contributed by atoms with Gasteiger partial charge in [0.1, 0.15) is 48.8 Å². The monoisotopic (exact) mass is 924 g/mol. The van der Waals surface area contributed by atoms with E-state index >= 15 is 0 Å². The molecule has 14 nitrogen and oxygen atoms in total. The minimum absolute atomic E-state index is 0.251. The summed E-state index contributed by atoms with van der Waals surface area (Å²) in [5, 5.41) is 86.7. The van der Waals surface area contributed by atoms with E-state index in [0.29, 0.717) is 12.8 Å². The number of carbonyl (C=O) groups excluding carboxylic acids is 1. The van der Waals surface area contributed by atoms with Gasteiger partial charge in [0.2, 0.25) is 5.91 Å². The molecule has 12 atom stereocenters. The lowest BCUT2D eigenvalue weighted by molar-refractivity contribution is -0.359. The molecule has 0 aromatic heterocycles. The first-order chi connectivity index (χ1) is 31.6. The van der Waals surface area contributed by atoms with E-state index < -0.39 is 86.8 Å². The van der Waals surface area contributed by atoms with Crippen LogP contribution < -0.4 is 5.32 Å². The van der Waals surface area contributed by atoms with Crippen molar-refractivity contribution in [3.05, 3.63) is 60.8 Å². The molecule has 0 aromatic carbocycles. The second-order valence-electron chi connectivity index (χ2n) is 17.6. The van der Waals surface area contributed by atoms with E-state index in [4.69, 9.17) is 18.9 Å². The van der Waals surface area contributed by atoms with E-state index in [1.165, 1.54) is 64.2 Å². The molecule has 2 aliphatic rings. The van der Waals surface area contributed by atoms with Crippen molar-refractivity contribution in [3.63, 3.8) is 0 Å². The summed E-state index contributed by atoms with van der Waals surface area (Å²) in [6.45, 7) is 2.62. The Balaban J connectivity index is 1.89. The lowest BCUT2D eigenvalue weighted by Crippen LogP contribution is -2.65. The van der Waals surface area contributed by atoms with E-state index in [9.17, 15) is 45.6 Å². The highest BCUT2D eigenvalue weighted by Gasteiger charge is 2.51. The van der Waals surface area contributed by atoms with Crippen LogP contribution in [0, 0.1) is 0 Å². The molecule has 0 bridgehead atoms. The molecule has 0 saturated carbocycles. The Morgan fingerprint density at radius 2 is 1.08 bits per heavy atom. The van der Waals surface area contributed by atoms with Gasteiger partial charge in [-0.05, 0) is 64.2 Å². The van der Waals surface area contributed by atoms with Gasteiger partial charge in [-0.1, -0.05) is 152 Å². The molecule has 12 unspecified atom stereocenters. The molecule has 65 heavy (non-hydrogen) atoms. The fourth-order valence-electron chi connectivity index (χ4n) is 7.85. The molecular formula is C51H89NO13. The van der Waals surface area contributed by atoms with Crippen molar-refractivity contribution in [3.8, 4) is 0 Å². The summed E-state index contributed by atoms with van der Waals surface area (Å²) in [6, 6.07) is -0.941. The average Bonchev–Trinajstić information content (AvgIpc) is 3.30. The number of hydrogen-bond donors (Lipinski definition) is 9. The number of aliphatic hydroxyl groups is 8. The molecule has 0 spiro atoms. The maximum Gasteiger partial charge on any atom is 0.220 e. The Bertz CT molecular complexity index is 1320. The Labute approximate surface area is 390 Å². The number of rotatable bonds is 37. The van der Waals surface area contributed by atoms with Gasteiger partial charge >= 0.3 is 0 Å². The smallest absolute Gasteiger partial charge is 0.220 e. The second-order valence-corrected chi connectivity index (χ2v) is 17.6. The Hall–Kier alpha value is -2.31. The van der Waals surface area contributed by atoms with E-state index in [0.717, 1.165) is 64.2 Å². The predicted octanol–water partition coefficient (Wildman–Crippen LogP) is 6.27. The summed E-state index contributed by atoms with van der Waals surface area (Å²) in [6.07, 6.45) is 28.3. The van der Waals surface area contributed by atoms with E-state index in [1.807, 2.05) is 6.08 Å². The van der Waals surface area contributed by atoms with Crippen LogP contribution in [0.25, 0.3) is 0 Å². The summed E-state index contributed by atoms with van der Waals surface area (Å²) in [5.74, 6) is -0.270. The number of amides is 1. The zero-order valence-electron chi connectivity index (χ0n) is 39.7. The third-order valence-electron chi connectivity index (χ3n) is 11.9. The van der Waals surface area contributed by atoms with Crippen LogP contribution in [-0.2, 0) is 23.7 Å². The number of nitrogens with one attached hydrogen (secondary N) is 1. The van der Waals surface area contributed by atoms with Crippen molar-refractivity contribution < 1.29 is 64.6 Å². The van der Waals surface area contributed by atoms with Crippen LogP contribution in [0.5, 0.6) is 0 Å². The Morgan fingerprint density at radius 1 is 0.569 bits per heavy atom. The molecule has 9 N–H and O–H groups in total. The zero-order valence-corrected chi connectivity index (χ0v) is 39.7. The van der Waals surface area contributed by atoms with Gasteiger partial charge in [-0.25, -0.2) is 0 Å². The minimum atomic E-state index is -1.79. The van der Waals surface area contributed by atoms with Gasteiger partial charge in [-0.3, -0.25) is 4.79 Å². The normalized spacial score (nSPS) is 27.5. The molecule has 2 fully saturated rings. The van der Waals surface area contributed by atoms with Gasteiger partial charge < -0.3 is 65.1 Å². The Morgan fingerprint density at radius 3 is 1.69 bits per heavy atom. The number of aliphatic hydroxyl groups excluding tert-OH is 8. The van der Waals surface area contributed by atoms with Gasteiger partial charge in [0, 0.05) is 6.42 Å². The minimum Gasteiger partial charge on any atom is -0.394 e. The fourth-order valence-corrected chi connectivity index (χ4v) is 7.85. The highest BCUT2D eigenvalue weighted by atomic mass is 16.7. The van der Waals surface area contributed by atoms with Crippen molar-refractivity contribution >= 4 is 5.91 Å². The van der Waals surface area contributed by atoms with E-state index in [2.05, 4.69) is 67.8 Å². The maximum absolute atomic E-state index is 13.1.